The van der Waals surface area contributed by atoms with Gasteiger partial charge in [-0.05, 0) is 30.2 Å². The molecule has 0 radical (unpaired) electrons. The zero-order chi connectivity index (χ0) is 13.8. The van der Waals surface area contributed by atoms with Gasteiger partial charge in [0.15, 0.2) is 0 Å². The summed E-state index contributed by atoms with van der Waals surface area (Å²) in [5, 5.41) is 15.0. The predicted molar refractivity (Wildman–Crippen MR) is 70.8 cm³/mol. The average Bonchev–Trinajstić information content (AvgIpc) is 2.82. The number of amides is 1. The minimum atomic E-state index is -0.957. The van der Waals surface area contributed by atoms with E-state index in [1.807, 2.05) is 6.07 Å². The van der Waals surface area contributed by atoms with Crippen LogP contribution in [0.2, 0.25) is 0 Å². The van der Waals surface area contributed by atoms with Crippen molar-refractivity contribution in [3.05, 3.63) is 35.4 Å². The van der Waals surface area contributed by atoms with Gasteiger partial charge in [-0.25, -0.2) is 4.79 Å². The fourth-order valence-corrected chi connectivity index (χ4v) is 2.30. The van der Waals surface area contributed by atoms with Crippen molar-refractivity contribution in [2.45, 2.75) is 13.5 Å². The highest BCUT2D eigenvalue weighted by Crippen LogP contribution is 2.16. The number of carbonyl (C=O) groups excluding carboxylic acids is 1. The van der Waals surface area contributed by atoms with Crippen molar-refractivity contribution in [2.24, 2.45) is 11.8 Å². The monoisotopic (exact) mass is 262 g/mol. The van der Waals surface area contributed by atoms with E-state index in [2.05, 4.69) is 17.6 Å². The topological polar surface area (TPSA) is 78.4 Å². The highest BCUT2D eigenvalue weighted by atomic mass is 16.4. The first-order valence-corrected chi connectivity index (χ1v) is 6.38. The predicted octanol–water partition coefficient (Wildman–Crippen LogP) is 0.856. The third-order valence-electron chi connectivity index (χ3n) is 3.49. The van der Waals surface area contributed by atoms with Gasteiger partial charge < -0.3 is 15.7 Å². The third-order valence-corrected chi connectivity index (χ3v) is 3.49. The fraction of sp³-hybridized carbons (Fsp3) is 0.429. The Bertz CT molecular complexity index is 487. The second-order valence-electron chi connectivity index (χ2n) is 4.97. The van der Waals surface area contributed by atoms with Gasteiger partial charge in [0.05, 0.1) is 11.5 Å². The number of carboxylic acid groups (broad SMARTS) is 1. The van der Waals surface area contributed by atoms with Crippen molar-refractivity contribution in [3.63, 3.8) is 0 Å². The molecule has 2 atom stereocenters. The van der Waals surface area contributed by atoms with Crippen molar-refractivity contribution in [3.8, 4) is 0 Å². The number of rotatable bonds is 4. The van der Waals surface area contributed by atoms with Gasteiger partial charge in [0.25, 0.3) is 0 Å². The first-order valence-electron chi connectivity index (χ1n) is 6.38. The standard InChI is InChI=1S/C14H18N2O3/c1-9-6-15-8-12(9)13(17)16-7-10-3-2-4-11(5-10)14(18)19/h2-5,9,12,15H,6-8H2,1H3,(H,16,17)(H,18,19). The first kappa shape index (κ1) is 13.5. The van der Waals surface area contributed by atoms with Gasteiger partial charge in [-0.1, -0.05) is 19.1 Å². The van der Waals surface area contributed by atoms with Crippen LogP contribution in [0.15, 0.2) is 24.3 Å². The van der Waals surface area contributed by atoms with E-state index in [-0.39, 0.29) is 17.4 Å². The van der Waals surface area contributed by atoms with E-state index in [0.29, 0.717) is 19.0 Å². The molecule has 102 valence electrons. The largest absolute Gasteiger partial charge is 0.478 e. The highest BCUT2D eigenvalue weighted by molar-refractivity contribution is 5.87. The maximum atomic E-state index is 12.0. The molecule has 1 aliphatic rings. The van der Waals surface area contributed by atoms with Gasteiger partial charge >= 0.3 is 5.97 Å². The lowest BCUT2D eigenvalue weighted by molar-refractivity contribution is -0.125. The van der Waals surface area contributed by atoms with Crippen LogP contribution in [0.4, 0.5) is 0 Å². The van der Waals surface area contributed by atoms with Gasteiger partial charge in [0.2, 0.25) is 5.91 Å². The van der Waals surface area contributed by atoms with Crippen LogP contribution < -0.4 is 10.6 Å². The Morgan fingerprint density at radius 2 is 2.21 bits per heavy atom. The molecule has 0 aliphatic carbocycles. The van der Waals surface area contributed by atoms with E-state index >= 15 is 0 Å². The van der Waals surface area contributed by atoms with Crippen LogP contribution in [0.25, 0.3) is 0 Å². The van der Waals surface area contributed by atoms with Crippen LogP contribution >= 0.6 is 0 Å². The molecule has 0 bridgehead atoms. The second kappa shape index (κ2) is 5.84. The minimum Gasteiger partial charge on any atom is -0.478 e. The molecule has 5 heteroatoms. The number of carbonyl (C=O) groups is 2. The highest BCUT2D eigenvalue weighted by Gasteiger charge is 2.29. The van der Waals surface area contributed by atoms with E-state index in [4.69, 9.17) is 5.11 Å². The third kappa shape index (κ3) is 3.32. The quantitative estimate of drug-likeness (QED) is 0.752. The van der Waals surface area contributed by atoms with E-state index in [1.54, 1.807) is 12.1 Å². The molecule has 1 aliphatic heterocycles. The van der Waals surface area contributed by atoms with Crippen LogP contribution in [-0.2, 0) is 11.3 Å². The maximum Gasteiger partial charge on any atom is 0.335 e. The summed E-state index contributed by atoms with van der Waals surface area (Å²) in [6.45, 7) is 3.99. The van der Waals surface area contributed by atoms with E-state index < -0.39 is 5.97 Å². The molecule has 5 nitrogen and oxygen atoms in total. The summed E-state index contributed by atoms with van der Waals surface area (Å²) in [6, 6.07) is 6.61. The molecule has 2 rings (SSSR count). The van der Waals surface area contributed by atoms with Gasteiger partial charge in [0.1, 0.15) is 0 Å². The molecule has 1 aromatic rings. The molecule has 0 aromatic heterocycles. The Morgan fingerprint density at radius 3 is 2.84 bits per heavy atom. The second-order valence-corrected chi connectivity index (χ2v) is 4.97. The Balaban J connectivity index is 1.93. The van der Waals surface area contributed by atoms with E-state index in [0.717, 1.165) is 12.1 Å². The Hall–Kier alpha value is -1.88. The average molecular weight is 262 g/mol. The zero-order valence-corrected chi connectivity index (χ0v) is 10.8. The molecular weight excluding hydrogens is 244 g/mol. The lowest BCUT2D eigenvalue weighted by atomic mass is 9.97. The summed E-state index contributed by atoms with van der Waals surface area (Å²) >= 11 is 0. The fourth-order valence-electron chi connectivity index (χ4n) is 2.30. The SMILES string of the molecule is CC1CNCC1C(=O)NCc1cccc(C(=O)O)c1. The van der Waals surface area contributed by atoms with Gasteiger partial charge in [0, 0.05) is 13.1 Å². The molecule has 0 saturated carbocycles. The van der Waals surface area contributed by atoms with Crippen LogP contribution in [0.5, 0.6) is 0 Å². The normalized spacial score (nSPS) is 22.2. The molecule has 3 N–H and O–H groups in total. The number of hydrogen-bond donors (Lipinski definition) is 3. The summed E-state index contributed by atoms with van der Waals surface area (Å²) in [5.41, 5.74) is 1.04. The van der Waals surface area contributed by atoms with Crippen LogP contribution in [0.1, 0.15) is 22.8 Å². The molecule has 1 aromatic carbocycles. The van der Waals surface area contributed by atoms with Crippen molar-refractivity contribution < 1.29 is 14.7 Å². The van der Waals surface area contributed by atoms with E-state index in [9.17, 15) is 9.59 Å². The number of carboxylic acids is 1. The summed E-state index contributed by atoms with van der Waals surface area (Å²) in [5.74, 6) is -0.590. The van der Waals surface area contributed by atoms with Crippen molar-refractivity contribution >= 4 is 11.9 Å². The smallest absolute Gasteiger partial charge is 0.335 e. The van der Waals surface area contributed by atoms with Gasteiger partial charge in [-0.2, -0.15) is 0 Å². The summed E-state index contributed by atoms with van der Waals surface area (Å²) in [6.07, 6.45) is 0. The van der Waals surface area contributed by atoms with Crippen molar-refractivity contribution in [1.29, 1.82) is 0 Å². The van der Waals surface area contributed by atoms with Crippen LogP contribution in [0, 0.1) is 11.8 Å². The Morgan fingerprint density at radius 1 is 1.42 bits per heavy atom. The Kier molecular flexibility index (Phi) is 4.16. The lowest BCUT2D eigenvalue weighted by Crippen LogP contribution is -2.33. The van der Waals surface area contributed by atoms with Crippen LogP contribution in [-0.4, -0.2) is 30.1 Å². The number of nitrogens with one attached hydrogen (secondary N) is 2. The molecule has 1 saturated heterocycles. The molecule has 0 spiro atoms. The summed E-state index contributed by atoms with van der Waals surface area (Å²) in [7, 11) is 0. The first-order chi connectivity index (χ1) is 9.08. The van der Waals surface area contributed by atoms with Gasteiger partial charge in [-0.15, -0.1) is 0 Å². The molecule has 19 heavy (non-hydrogen) atoms. The molecule has 2 unspecified atom stereocenters. The van der Waals surface area contributed by atoms with Gasteiger partial charge in [-0.3, -0.25) is 4.79 Å². The number of benzene rings is 1. The van der Waals surface area contributed by atoms with Crippen LogP contribution in [0.3, 0.4) is 0 Å². The maximum absolute atomic E-state index is 12.0. The van der Waals surface area contributed by atoms with E-state index in [1.165, 1.54) is 6.07 Å². The molecular formula is C14H18N2O3. The number of aromatic carboxylic acids is 1. The summed E-state index contributed by atoms with van der Waals surface area (Å²) < 4.78 is 0. The lowest BCUT2D eigenvalue weighted by Gasteiger charge is -2.14. The summed E-state index contributed by atoms with van der Waals surface area (Å²) in [4.78, 5) is 22.8. The molecule has 1 heterocycles. The minimum absolute atomic E-state index is 0.00246. The Labute approximate surface area is 112 Å². The van der Waals surface area contributed by atoms with Crippen molar-refractivity contribution in [1.82, 2.24) is 10.6 Å². The zero-order valence-electron chi connectivity index (χ0n) is 10.8. The molecule has 1 amide bonds. The van der Waals surface area contributed by atoms with Crippen molar-refractivity contribution in [2.75, 3.05) is 13.1 Å². The molecule has 1 fully saturated rings. The number of hydrogen-bond acceptors (Lipinski definition) is 3.